The van der Waals surface area contributed by atoms with E-state index in [1.807, 2.05) is 10.8 Å². The minimum absolute atomic E-state index is 0.252. The minimum Gasteiger partial charge on any atom is -0.274 e. The van der Waals surface area contributed by atoms with Gasteiger partial charge in [0.15, 0.2) is 5.17 Å². The number of hydrogen-bond donors (Lipinski definition) is 2. The van der Waals surface area contributed by atoms with Crippen LogP contribution in [0.2, 0.25) is 0 Å². The minimum atomic E-state index is -0.252. The van der Waals surface area contributed by atoms with Gasteiger partial charge >= 0.3 is 0 Å². The summed E-state index contributed by atoms with van der Waals surface area (Å²) < 4.78 is 1.91. The molecular weight excluding hydrogens is 190 g/mol. The van der Waals surface area contributed by atoms with Gasteiger partial charge in [-0.3, -0.25) is 4.57 Å². The van der Waals surface area contributed by atoms with E-state index >= 15 is 0 Å². The largest absolute Gasteiger partial charge is 0.274 e. The molecule has 0 bridgehead atoms. The molecular formula is C7H9N3S2. The Morgan fingerprint density at radius 3 is 2.92 bits per heavy atom. The molecule has 1 atom stereocenters. The predicted molar refractivity (Wildman–Crippen MR) is 56.4 cm³/mol. The van der Waals surface area contributed by atoms with Gasteiger partial charge in [-0.15, -0.1) is 12.6 Å². The molecule has 12 heavy (non-hydrogen) atoms. The monoisotopic (exact) mass is 199 g/mol. The first-order chi connectivity index (χ1) is 5.79. The average Bonchev–Trinajstić information content (AvgIpc) is 2.59. The lowest BCUT2D eigenvalue weighted by Crippen LogP contribution is -2.07. The number of hydrogen-bond acceptors (Lipinski definition) is 3. The summed E-state index contributed by atoms with van der Waals surface area (Å²) in [7, 11) is -0.252. The molecule has 1 unspecified atom stereocenters. The van der Waals surface area contributed by atoms with E-state index in [4.69, 9.17) is 0 Å². The molecule has 0 saturated heterocycles. The molecule has 2 rings (SSSR count). The molecule has 0 N–H and O–H groups in total. The molecule has 0 saturated carbocycles. The summed E-state index contributed by atoms with van der Waals surface area (Å²) in [6, 6.07) is 0. The van der Waals surface area contributed by atoms with Crippen molar-refractivity contribution in [1.29, 1.82) is 0 Å². The van der Waals surface area contributed by atoms with E-state index < -0.39 is 0 Å². The van der Waals surface area contributed by atoms with Crippen molar-refractivity contribution in [1.82, 2.24) is 9.55 Å². The SMILES string of the molecule is C[SH]1C=CN=C1n1cncc1S. The molecule has 1 aromatic heterocycles. The fraction of sp³-hybridized carbons (Fsp3) is 0.143. The Labute approximate surface area is 79.0 Å². The van der Waals surface area contributed by atoms with Crippen LogP contribution in [0, 0.1) is 0 Å². The summed E-state index contributed by atoms with van der Waals surface area (Å²) in [6.45, 7) is 0. The molecule has 1 aliphatic heterocycles. The zero-order valence-electron chi connectivity index (χ0n) is 6.55. The van der Waals surface area contributed by atoms with Crippen molar-refractivity contribution >= 4 is 28.7 Å². The Balaban J connectivity index is 2.39. The highest BCUT2D eigenvalue weighted by Gasteiger charge is 2.11. The molecule has 5 heteroatoms. The normalized spacial score (nSPS) is 24.5. The van der Waals surface area contributed by atoms with Crippen molar-refractivity contribution in [2.24, 2.45) is 4.99 Å². The van der Waals surface area contributed by atoms with Crippen LogP contribution in [0.1, 0.15) is 0 Å². The maximum Gasteiger partial charge on any atom is 0.157 e. The van der Waals surface area contributed by atoms with E-state index in [2.05, 4.69) is 34.3 Å². The maximum absolute atomic E-state index is 4.27. The molecule has 0 fully saturated rings. The second-order valence-corrected chi connectivity index (χ2v) is 4.84. The lowest BCUT2D eigenvalue weighted by molar-refractivity contribution is 1.04. The summed E-state index contributed by atoms with van der Waals surface area (Å²) in [4.78, 5) is 8.25. The van der Waals surface area contributed by atoms with E-state index in [0.717, 1.165) is 10.2 Å². The second kappa shape index (κ2) is 2.99. The summed E-state index contributed by atoms with van der Waals surface area (Å²) in [5.74, 6) is 0. The van der Waals surface area contributed by atoms with Gasteiger partial charge in [0.2, 0.25) is 0 Å². The van der Waals surface area contributed by atoms with Gasteiger partial charge in [0.25, 0.3) is 0 Å². The van der Waals surface area contributed by atoms with Crippen LogP contribution in [0.3, 0.4) is 0 Å². The van der Waals surface area contributed by atoms with E-state index in [0.29, 0.717) is 0 Å². The van der Waals surface area contributed by atoms with Crippen LogP contribution < -0.4 is 0 Å². The first kappa shape index (κ1) is 7.94. The smallest absolute Gasteiger partial charge is 0.157 e. The van der Waals surface area contributed by atoms with Crippen LogP contribution in [0.4, 0.5) is 0 Å². The van der Waals surface area contributed by atoms with Gasteiger partial charge in [-0.25, -0.2) is 9.98 Å². The van der Waals surface area contributed by atoms with Crippen molar-refractivity contribution in [2.45, 2.75) is 5.03 Å². The van der Waals surface area contributed by atoms with Crippen molar-refractivity contribution in [3.05, 3.63) is 24.1 Å². The molecule has 2 heterocycles. The standard InChI is InChI=1S/C7H9N3S2/c1-12-3-2-9-7(12)10-5-8-4-6(10)11/h2-5,11-12H,1H3. The van der Waals surface area contributed by atoms with Crippen LogP contribution in [-0.2, 0) is 0 Å². The number of aromatic nitrogens is 2. The van der Waals surface area contributed by atoms with Crippen molar-refractivity contribution in [2.75, 3.05) is 6.26 Å². The highest BCUT2D eigenvalue weighted by Crippen LogP contribution is 2.30. The third kappa shape index (κ3) is 1.19. The van der Waals surface area contributed by atoms with Gasteiger partial charge in [0, 0.05) is 6.20 Å². The lowest BCUT2D eigenvalue weighted by Gasteiger charge is -2.10. The Kier molecular flexibility index (Phi) is 1.98. The van der Waals surface area contributed by atoms with Crippen molar-refractivity contribution < 1.29 is 0 Å². The van der Waals surface area contributed by atoms with Gasteiger partial charge in [0.1, 0.15) is 6.33 Å². The molecule has 1 aliphatic rings. The zero-order chi connectivity index (χ0) is 8.55. The lowest BCUT2D eigenvalue weighted by atomic mass is 10.9. The first-order valence-corrected chi connectivity index (χ1v) is 5.78. The van der Waals surface area contributed by atoms with Crippen LogP contribution in [-0.4, -0.2) is 21.0 Å². The number of nitrogens with zero attached hydrogens (tertiary/aromatic N) is 3. The molecule has 0 radical (unpaired) electrons. The Morgan fingerprint density at radius 2 is 2.42 bits per heavy atom. The van der Waals surface area contributed by atoms with E-state index in [-0.39, 0.29) is 10.9 Å². The number of rotatable bonds is 0. The molecule has 0 spiro atoms. The Morgan fingerprint density at radius 1 is 1.58 bits per heavy atom. The number of imidazole rings is 1. The fourth-order valence-corrected chi connectivity index (χ4v) is 2.47. The van der Waals surface area contributed by atoms with Gasteiger partial charge in [-0.2, -0.15) is 10.9 Å². The van der Waals surface area contributed by atoms with Gasteiger partial charge < -0.3 is 0 Å². The van der Waals surface area contributed by atoms with Crippen LogP contribution in [0.25, 0.3) is 0 Å². The van der Waals surface area contributed by atoms with Gasteiger partial charge in [-0.05, 0) is 11.7 Å². The quantitative estimate of drug-likeness (QED) is 0.609. The van der Waals surface area contributed by atoms with Crippen LogP contribution in [0.5, 0.6) is 0 Å². The number of thiol groups is 2. The highest BCUT2D eigenvalue weighted by atomic mass is 32.2. The Bertz CT molecular complexity index is 353. The Hall–Kier alpha value is -0.680. The highest BCUT2D eigenvalue weighted by molar-refractivity contribution is 8.32. The molecule has 0 aromatic carbocycles. The summed E-state index contributed by atoms with van der Waals surface area (Å²) in [5, 5.41) is 4.00. The number of aliphatic imine (C=N–C) groups is 1. The van der Waals surface area contributed by atoms with E-state index in [9.17, 15) is 0 Å². The molecule has 0 amide bonds. The predicted octanol–water partition coefficient (Wildman–Crippen LogP) is 1.49. The summed E-state index contributed by atoms with van der Waals surface area (Å²) in [5.41, 5.74) is 0. The topological polar surface area (TPSA) is 30.2 Å². The van der Waals surface area contributed by atoms with Crippen LogP contribution in [0.15, 0.2) is 34.2 Å². The first-order valence-electron chi connectivity index (χ1n) is 3.48. The van der Waals surface area contributed by atoms with E-state index in [1.165, 1.54) is 0 Å². The maximum atomic E-state index is 4.27. The zero-order valence-corrected chi connectivity index (χ0v) is 8.33. The molecule has 3 nitrogen and oxygen atoms in total. The summed E-state index contributed by atoms with van der Waals surface area (Å²) in [6.07, 6.45) is 7.46. The fourth-order valence-electron chi connectivity index (χ4n) is 1.03. The third-order valence-corrected chi connectivity index (χ3v) is 3.50. The van der Waals surface area contributed by atoms with Crippen LogP contribution >= 0.6 is 23.5 Å². The van der Waals surface area contributed by atoms with Crippen molar-refractivity contribution in [3.63, 3.8) is 0 Å². The van der Waals surface area contributed by atoms with E-state index in [1.54, 1.807) is 12.5 Å². The van der Waals surface area contributed by atoms with Gasteiger partial charge in [0.05, 0.1) is 11.2 Å². The third-order valence-electron chi connectivity index (χ3n) is 1.63. The molecule has 1 aromatic rings. The second-order valence-electron chi connectivity index (χ2n) is 2.46. The van der Waals surface area contributed by atoms with Crippen molar-refractivity contribution in [3.8, 4) is 0 Å². The van der Waals surface area contributed by atoms with Gasteiger partial charge in [-0.1, -0.05) is 0 Å². The average molecular weight is 199 g/mol. The molecule has 64 valence electrons. The molecule has 0 aliphatic carbocycles. The summed E-state index contributed by atoms with van der Waals surface area (Å²) >= 11 is 4.27.